The number of rotatable bonds is 7. The van der Waals surface area contributed by atoms with Crippen molar-refractivity contribution in [3.05, 3.63) is 29.8 Å². The second-order valence-electron chi connectivity index (χ2n) is 5.70. The number of carbonyl (C=O) groups is 1. The van der Waals surface area contributed by atoms with Crippen molar-refractivity contribution in [3.63, 3.8) is 0 Å². The summed E-state index contributed by atoms with van der Waals surface area (Å²) in [5, 5.41) is 8.33. The Balaban J connectivity index is 0.00000625. The second-order valence-corrected chi connectivity index (χ2v) is 5.70. The van der Waals surface area contributed by atoms with Crippen molar-refractivity contribution in [1.29, 1.82) is 0 Å². The Bertz CT molecular complexity index is 593. The third-order valence-corrected chi connectivity index (χ3v) is 3.06. The number of halogens is 4. The maximum absolute atomic E-state index is 12.2. The van der Waals surface area contributed by atoms with Crippen LogP contribution >= 0.6 is 24.0 Å². The highest BCUT2D eigenvalue weighted by molar-refractivity contribution is 14.0. The first-order valence-electron chi connectivity index (χ1n) is 7.74. The zero-order chi connectivity index (χ0) is 18.9. The van der Waals surface area contributed by atoms with Crippen LogP contribution in [-0.2, 0) is 11.3 Å². The van der Waals surface area contributed by atoms with Gasteiger partial charge in [-0.3, -0.25) is 9.79 Å². The zero-order valence-electron chi connectivity index (χ0n) is 15.0. The lowest BCUT2D eigenvalue weighted by Crippen LogP contribution is -2.38. The van der Waals surface area contributed by atoms with Crippen LogP contribution in [0.5, 0.6) is 0 Å². The summed E-state index contributed by atoms with van der Waals surface area (Å²) in [5.74, 6) is 0.158. The van der Waals surface area contributed by atoms with Crippen molar-refractivity contribution in [2.45, 2.75) is 19.1 Å². The van der Waals surface area contributed by atoms with Crippen molar-refractivity contribution in [3.8, 4) is 0 Å². The summed E-state index contributed by atoms with van der Waals surface area (Å²) in [4.78, 5) is 17.4. The van der Waals surface area contributed by atoms with Gasteiger partial charge in [-0.25, -0.2) is 0 Å². The molecule has 0 saturated carbocycles. The third kappa shape index (κ3) is 11.1. The van der Waals surface area contributed by atoms with E-state index in [1.807, 2.05) is 6.07 Å². The van der Waals surface area contributed by atoms with E-state index in [4.69, 9.17) is 0 Å². The first kappa shape index (κ1) is 24.4. The van der Waals surface area contributed by atoms with Crippen molar-refractivity contribution >= 4 is 41.5 Å². The molecule has 1 aromatic carbocycles. The highest BCUT2D eigenvalue weighted by atomic mass is 127. The van der Waals surface area contributed by atoms with Crippen LogP contribution in [-0.4, -0.2) is 57.2 Å². The molecule has 0 spiro atoms. The number of hydrogen-bond acceptors (Lipinski definition) is 3. The predicted octanol–water partition coefficient (Wildman–Crippen LogP) is 2.42. The summed E-state index contributed by atoms with van der Waals surface area (Å²) in [6.07, 6.45) is -5.13. The molecule has 0 bridgehead atoms. The number of anilines is 1. The fourth-order valence-electron chi connectivity index (χ4n) is 1.98. The van der Waals surface area contributed by atoms with Crippen LogP contribution in [0.2, 0.25) is 0 Å². The Hall–Kier alpha value is -1.56. The number of amides is 1. The monoisotopic (exact) mass is 487 g/mol. The number of benzene rings is 1. The number of carbonyl (C=O) groups excluding carboxylic acids is 1. The second kappa shape index (κ2) is 11.9. The molecule has 0 aromatic heterocycles. The molecule has 0 aliphatic carbocycles. The van der Waals surface area contributed by atoms with Crippen LogP contribution in [0.3, 0.4) is 0 Å². The van der Waals surface area contributed by atoms with E-state index >= 15 is 0 Å². The highest BCUT2D eigenvalue weighted by Gasteiger charge is 2.26. The number of aliphatic imine (C=N–C) groups is 1. The lowest BCUT2D eigenvalue weighted by Gasteiger charge is -2.14. The average Bonchev–Trinajstić information content (AvgIpc) is 2.49. The van der Waals surface area contributed by atoms with E-state index in [1.54, 1.807) is 37.2 Å². The minimum Gasteiger partial charge on any atom is -0.356 e. The molecule has 1 amide bonds. The Labute approximate surface area is 168 Å². The summed E-state index contributed by atoms with van der Waals surface area (Å²) >= 11 is 0. The number of nitrogens with zero attached hydrogens (tertiary/aromatic N) is 2. The molecule has 26 heavy (non-hydrogen) atoms. The lowest BCUT2D eigenvalue weighted by molar-refractivity contribution is -0.132. The smallest absolute Gasteiger partial charge is 0.356 e. The Kier molecular flexibility index (Phi) is 11.2. The minimum absolute atomic E-state index is 0. The molecule has 1 rings (SSSR count). The van der Waals surface area contributed by atoms with Crippen molar-refractivity contribution < 1.29 is 18.0 Å². The summed E-state index contributed by atoms with van der Waals surface area (Å²) in [6.45, 7) is 0.394. The number of hydrogen-bond donors (Lipinski definition) is 3. The number of guanidine groups is 1. The van der Waals surface area contributed by atoms with E-state index in [1.165, 1.54) is 7.05 Å². The van der Waals surface area contributed by atoms with Gasteiger partial charge in [-0.1, -0.05) is 12.1 Å². The molecular formula is C16H25F3IN5O. The quantitative estimate of drug-likeness (QED) is 0.314. The van der Waals surface area contributed by atoms with Gasteiger partial charge in [0.05, 0.1) is 13.0 Å². The lowest BCUT2D eigenvalue weighted by atomic mass is 10.2. The Morgan fingerprint density at radius 1 is 1.23 bits per heavy atom. The first-order valence-corrected chi connectivity index (χ1v) is 7.74. The SMILES string of the molecule is CN=C(NCCC(F)(F)F)NCc1cccc(NC(=O)CN(C)C)c1.I. The van der Waals surface area contributed by atoms with Gasteiger partial charge in [0, 0.05) is 25.8 Å². The van der Waals surface area contributed by atoms with E-state index in [-0.39, 0.29) is 48.9 Å². The van der Waals surface area contributed by atoms with Crippen molar-refractivity contribution in [2.75, 3.05) is 39.5 Å². The van der Waals surface area contributed by atoms with Crippen LogP contribution in [0.15, 0.2) is 29.3 Å². The van der Waals surface area contributed by atoms with Crippen LogP contribution < -0.4 is 16.0 Å². The van der Waals surface area contributed by atoms with Crippen LogP contribution in [0.4, 0.5) is 18.9 Å². The molecule has 0 saturated heterocycles. The van der Waals surface area contributed by atoms with Crippen molar-refractivity contribution in [1.82, 2.24) is 15.5 Å². The molecule has 148 valence electrons. The van der Waals surface area contributed by atoms with Gasteiger partial charge in [0.15, 0.2) is 5.96 Å². The van der Waals surface area contributed by atoms with Crippen LogP contribution in [0.1, 0.15) is 12.0 Å². The van der Waals surface area contributed by atoms with E-state index in [0.29, 0.717) is 12.2 Å². The number of alkyl halides is 3. The van der Waals surface area contributed by atoms with Crippen LogP contribution in [0.25, 0.3) is 0 Å². The molecule has 3 N–H and O–H groups in total. The number of nitrogens with one attached hydrogen (secondary N) is 3. The van der Waals surface area contributed by atoms with Crippen LogP contribution in [0, 0.1) is 0 Å². The van der Waals surface area contributed by atoms with Gasteiger partial charge >= 0.3 is 6.18 Å². The molecule has 0 atom stereocenters. The molecular weight excluding hydrogens is 462 g/mol. The van der Waals surface area contributed by atoms with Gasteiger partial charge < -0.3 is 20.9 Å². The fourth-order valence-corrected chi connectivity index (χ4v) is 1.98. The molecule has 0 aliphatic heterocycles. The topological polar surface area (TPSA) is 68.8 Å². The van der Waals surface area contributed by atoms with E-state index in [9.17, 15) is 18.0 Å². The molecule has 0 fully saturated rings. The Morgan fingerprint density at radius 3 is 2.50 bits per heavy atom. The average molecular weight is 487 g/mol. The molecule has 0 unspecified atom stereocenters. The van der Waals surface area contributed by atoms with Gasteiger partial charge in [-0.05, 0) is 31.8 Å². The van der Waals surface area contributed by atoms with Gasteiger partial charge in [-0.15, -0.1) is 24.0 Å². The predicted molar refractivity (Wildman–Crippen MR) is 108 cm³/mol. The van der Waals surface area contributed by atoms with E-state index < -0.39 is 12.6 Å². The largest absolute Gasteiger partial charge is 0.390 e. The van der Waals surface area contributed by atoms with E-state index in [2.05, 4.69) is 20.9 Å². The van der Waals surface area contributed by atoms with Gasteiger partial charge in [0.1, 0.15) is 0 Å². The van der Waals surface area contributed by atoms with Gasteiger partial charge in [0.2, 0.25) is 5.91 Å². The Morgan fingerprint density at radius 2 is 1.92 bits per heavy atom. The molecule has 6 nitrogen and oxygen atoms in total. The maximum atomic E-state index is 12.2. The summed E-state index contributed by atoms with van der Waals surface area (Å²) in [6, 6.07) is 7.21. The normalized spacial score (nSPS) is 11.7. The standard InChI is InChI=1S/C16H24F3N5O.HI/c1-20-15(21-8-7-16(17,18)19)22-10-12-5-4-6-13(9-12)23-14(25)11-24(2)3;/h4-6,9H,7-8,10-11H2,1-3H3,(H,23,25)(H2,20,21,22);1H. The summed E-state index contributed by atoms with van der Waals surface area (Å²) < 4.78 is 36.5. The minimum atomic E-state index is -4.20. The highest BCUT2D eigenvalue weighted by Crippen LogP contribution is 2.18. The first-order chi connectivity index (χ1) is 11.7. The fraction of sp³-hybridized carbons (Fsp3) is 0.500. The van der Waals surface area contributed by atoms with E-state index in [0.717, 1.165) is 5.56 Å². The van der Waals surface area contributed by atoms with Crippen molar-refractivity contribution in [2.24, 2.45) is 4.99 Å². The molecule has 0 heterocycles. The molecule has 0 radical (unpaired) electrons. The van der Waals surface area contributed by atoms with Gasteiger partial charge in [0.25, 0.3) is 0 Å². The summed E-state index contributed by atoms with van der Waals surface area (Å²) in [7, 11) is 5.09. The molecule has 10 heteroatoms. The molecule has 0 aliphatic rings. The maximum Gasteiger partial charge on any atom is 0.390 e. The third-order valence-electron chi connectivity index (χ3n) is 3.06. The molecule has 1 aromatic rings. The summed E-state index contributed by atoms with van der Waals surface area (Å²) in [5.41, 5.74) is 1.52. The van der Waals surface area contributed by atoms with Gasteiger partial charge in [-0.2, -0.15) is 13.2 Å². The zero-order valence-corrected chi connectivity index (χ0v) is 17.3. The number of likely N-dealkylation sites (N-methyl/N-ethyl adjacent to an activating group) is 1.